The van der Waals surface area contributed by atoms with Crippen molar-refractivity contribution >= 4 is 11.9 Å². The molecule has 0 radical (unpaired) electrons. The summed E-state index contributed by atoms with van der Waals surface area (Å²) in [5.74, 6) is -1.14. The van der Waals surface area contributed by atoms with E-state index in [9.17, 15) is 9.59 Å². The van der Waals surface area contributed by atoms with Crippen molar-refractivity contribution in [3.63, 3.8) is 0 Å². The van der Waals surface area contributed by atoms with Crippen molar-refractivity contribution in [2.24, 2.45) is 0 Å². The van der Waals surface area contributed by atoms with E-state index in [-0.39, 0.29) is 12.0 Å². The van der Waals surface area contributed by atoms with Gasteiger partial charge in [-0.25, -0.2) is 4.79 Å². The Bertz CT molecular complexity index is 220. The van der Waals surface area contributed by atoms with E-state index in [4.69, 9.17) is 0 Å². The molecule has 0 aromatic carbocycles. The summed E-state index contributed by atoms with van der Waals surface area (Å²) in [4.78, 5) is 20.7. The number of rotatable bonds is 0. The number of ether oxygens (including phenoxy) is 1. The fourth-order valence-electron chi connectivity index (χ4n) is 0.552. The average molecular weight is 124 g/mol. The number of esters is 2. The van der Waals surface area contributed by atoms with Gasteiger partial charge in [-0.2, -0.15) is 0 Å². The Hall–Kier alpha value is -1.34. The highest BCUT2D eigenvalue weighted by Crippen LogP contribution is 2.11. The smallest absolute Gasteiger partial charge is 0.350 e. The normalized spacial score (nSPS) is 17.6. The molecule has 0 aromatic heterocycles. The van der Waals surface area contributed by atoms with Gasteiger partial charge in [0.05, 0.1) is 12.0 Å². The molecule has 1 aliphatic rings. The lowest BCUT2D eigenvalue weighted by Gasteiger charge is -1.80. The number of carbonyl (C=O) groups excluding carboxylic acids is 2. The summed E-state index contributed by atoms with van der Waals surface area (Å²) >= 11 is 0. The van der Waals surface area contributed by atoms with Crippen molar-refractivity contribution in [3.8, 4) is 0 Å². The van der Waals surface area contributed by atoms with Crippen LogP contribution in [0.2, 0.25) is 0 Å². The standard InChI is InChI=1S/C6H4O3/c1-2-4-3-5(7)9-6(4)8/h1,3H2. The summed E-state index contributed by atoms with van der Waals surface area (Å²) in [6.07, 6.45) is 0.0162. The second-order valence-electron chi connectivity index (χ2n) is 1.59. The van der Waals surface area contributed by atoms with Crippen LogP contribution in [0, 0.1) is 0 Å². The SMILES string of the molecule is C=C=C1CC(=O)OC1=O. The van der Waals surface area contributed by atoms with Gasteiger partial charge >= 0.3 is 11.9 Å². The molecule has 0 N–H and O–H groups in total. The molecule has 1 fully saturated rings. The minimum atomic E-state index is -0.616. The fraction of sp³-hybridized carbons (Fsp3) is 0.167. The van der Waals surface area contributed by atoms with Gasteiger partial charge in [-0.1, -0.05) is 6.58 Å². The molecule has 0 unspecified atom stereocenters. The highest BCUT2D eigenvalue weighted by Gasteiger charge is 2.26. The van der Waals surface area contributed by atoms with Crippen LogP contribution in [0.4, 0.5) is 0 Å². The van der Waals surface area contributed by atoms with Gasteiger partial charge in [0, 0.05) is 0 Å². The van der Waals surface area contributed by atoms with Crippen molar-refractivity contribution in [1.29, 1.82) is 0 Å². The molecule has 0 atom stereocenters. The van der Waals surface area contributed by atoms with Gasteiger partial charge in [0.15, 0.2) is 0 Å². The van der Waals surface area contributed by atoms with Gasteiger partial charge in [-0.05, 0) is 0 Å². The fourth-order valence-corrected chi connectivity index (χ4v) is 0.552. The second kappa shape index (κ2) is 1.88. The Morgan fingerprint density at radius 2 is 2.22 bits per heavy atom. The summed E-state index contributed by atoms with van der Waals surface area (Å²) in [6, 6.07) is 0. The van der Waals surface area contributed by atoms with E-state index in [1.807, 2.05) is 0 Å². The lowest BCUT2D eigenvalue weighted by Crippen LogP contribution is -1.96. The molecule has 1 heterocycles. The van der Waals surface area contributed by atoms with E-state index in [1.165, 1.54) is 0 Å². The van der Waals surface area contributed by atoms with E-state index in [1.54, 1.807) is 0 Å². The first-order valence-corrected chi connectivity index (χ1v) is 2.38. The summed E-state index contributed by atoms with van der Waals surface area (Å²) in [6.45, 7) is 3.21. The Kier molecular flexibility index (Phi) is 1.21. The lowest BCUT2D eigenvalue weighted by molar-refractivity contribution is -0.151. The van der Waals surface area contributed by atoms with E-state index >= 15 is 0 Å². The second-order valence-corrected chi connectivity index (χ2v) is 1.59. The van der Waals surface area contributed by atoms with Crippen LogP contribution in [0.15, 0.2) is 17.9 Å². The van der Waals surface area contributed by atoms with E-state index in [2.05, 4.69) is 17.0 Å². The third-order valence-electron chi connectivity index (χ3n) is 0.987. The molecule has 46 valence electrons. The van der Waals surface area contributed by atoms with Gasteiger partial charge in [0.1, 0.15) is 0 Å². The van der Waals surface area contributed by atoms with Gasteiger partial charge in [0.25, 0.3) is 0 Å². The molecule has 3 heteroatoms. The molecular formula is C6H4O3. The molecule has 0 amide bonds. The molecule has 3 nitrogen and oxygen atoms in total. The van der Waals surface area contributed by atoms with Crippen LogP contribution in [-0.4, -0.2) is 11.9 Å². The Balaban J connectivity index is 2.94. The van der Waals surface area contributed by atoms with Crippen molar-refractivity contribution in [2.45, 2.75) is 6.42 Å². The summed E-state index contributed by atoms with van der Waals surface area (Å²) in [5, 5.41) is 0. The Morgan fingerprint density at radius 1 is 1.56 bits per heavy atom. The van der Waals surface area contributed by atoms with Crippen molar-refractivity contribution in [3.05, 3.63) is 17.9 Å². The molecule has 0 aliphatic carbocycles. The molecule has 0 bridgehead atoms. The first-order chi connectivity index (χ1) is 4.24. The largest absolute Gasteiger partial charge is 0.389 e. The Morgan fingerprint density at radius 3 is 2.44 bits per heavy atom. The lowest BCUT2D eigenvalue weighted by atomic mass is 10.2. The highest BCUT2D eigenvalue weighted by molar-refractivity contribution is 6.05. The highest BCUT2D eigenvalue weighted by atomic mass is 16.6. The predicted molar refractivity (Wildman–Crippen MR) is 28.4 cm³/mol. The van der Waals surface area contributed by atoms with Crippen molar-refractivity contribution in [1.82, 2.24) is 0 Å². The molecule has 9 heavy (non-hydrogen) atoms. The first-order valence-electron chi connectivity index (χ1n) is 2.38. The minimum Gasteiger partial charge on any atom is -0.389 e. The molecule has 1 aliphatic heterocycles. The molecule has 0 saturated carbocycles. The summed E-state index contributed by atoms with van der Waals surface area (Å²) < 4.78 is 4.15. The summed E-state index contributed by atoms with van der Waals surface area (Å²) in [5.41, 5.74) is 2.54. The maximum atomic E-state index is 10.4. The average Bonchev–Trinajstić information content (AvgIpc) is 2.10. The summed E-state index contributed by atoms with van der Waals surface area (Å²) in [7, 11) is 0. The van der Waals surface area contributed by atoms with Gasteiger partial charge < -0.3 is 4.74 Å². The zero-order chi connectivity index (χ0) is 6.85. The van der Waals surface area contributed by atoms with Crippen LogP contribution in [0.3, 0.4) is 0 Å². The Labute approximate surface area is 51.6 Å². The van der Waals surface area contributed by atoms with Crippen LogP contribution >= 0.6 is 0 Å². The topological polar surface area (TPSA) is 43.4 Å². The maximum Gasteiger partial charge on any atom is 0.350 e. The van der Waals surface area contributed by atoms with Gasteiger partial charge in [-0.15, -0.1) is 5.73 Å². The zero-order valence-corrected chi connectivity index (χ0v) is 4.64. The van der Waals surface area contributed by atoms with Crippen LogP contribution in [-0.2, 0) is 14.3 Å². The van der Waals surface area contributed by atoms with Crippen molar-refractivity contribution in [2.75, 3.05) is 0 Å². The van der Waals surface area contributed by atoms with Crippen LogP contribution in [0.25, 0.3) is 0 Å². The van der Waals surface area contributed by atoms with Crippen molar-refractivity contribution < 1.29 is 14.3 Å². The quantitative estimate of drug-likeness (QED) is 0.200. The first kappa shape index (κ1) is 5.79. The molecule has 1 saturated heterocycles. The molecule has 0 aromatic rings. The van der Waals surface area contributed by atoms with E-state index < -0.39 is 11.9 Å². The monoisotopic (exact) mass is 124 g/mol. The van der Waals surface area contributed by atoms with Crippen LogP contribution < -0.4 is 0 Å². The van der Waals surface area contributed by atoms with Gasteiger partial charge in [-0.3, -0.25) is 4.79 Å². The number of hydrogen-bond donors (Lipinski definition) is 0. The molecule has 1 rings (SSSR count). The molecule has 0 spiro atoms. The third-order valence-corrected chi connectivity index (χ3v) is 0.987. The van der Waals surface area contributed by atoms with Gasteiger partial charge in [0.2, 0.25) is 0 Å². The number of hydrogen-bond acceptors (Lipinski definition) is 3. The third kappa shape index (κ3) is 0.902. The predicted octanol–water partition coefficient (Wildman–Crippen LogP) is 0.171. The number of carbonyl (C=O) groups is 2. The van der Waals surface area contributed by atoms with Crippen LogP contribution in [0.5, 0.6) is 0 Å². The minimum absolute atomic E-state index is 0.0162. The van der Waals surface area contributed by atoms with Crippen LogP contribution in [0.1, 0.15) is 6.42 Å². The van der Waals surface area contributed by atoms with E-state index in [0.717, 1.165) is 0 Å². The van der Waals surface area contributed by atoms with E-state index in [0.29, 0.717) is 0 Å². The number of cyclic esters (lactones) is 2. The zero-order valence-electron chi connectivity index (χ0n) is 4.64. The maximum absolute atomic E-state index is 10.4. The molecular weight excluding hydrogens is 120 g/mol.